The molecule has 2 heterocycles. The van der Waals surface area contributed by atoms with Crippen LogP contribution in [0, 0.1) is 13.8 Å². The van der Waals surface area contributed by atoms with Crippen molar-refractivity contribution in [2.45, 2.75) is 32.6 Å². The van der Waals surface area contributed by atoms with E-state index in [0.29, 0.717) is 30.5 Å². The van der Waals surface area contributed by atoms with Gasteiger partial charge in [-0.05, 0) is 38.8 Å². The van der Waals surface area contributed by atoms with Gasteiger partial charge in [-0.3, -0.25) is 9.59 Å². The first-order valence-corrected chi connectivity index (χ1v) is 8.00. The maximum atomic E-state index is 12.4. The number of hydrogen-bond donors (Lipinski definition) is 1. The van der Waals surface area contributed by atoms with Crippen LogP contribution >= 0.6 is 0 Å². The molecule has 0 spiro atoms. The predicted molar refractivity (Wildman–Crippen MR) is 87.4 cm³/mol. The first-order chi connectivity index (χ1) is 11.5. The van der Waals surface area contributed by atoms with Crippen molar-refractivity contribution in [3.63, 3.8) is 0 Å². The van der Waals surface area contributed by atoms with Crippen molar-refractivity contribution < 1.29 is 14.1 Å². The van der Waals surface area contributed by atoms with Crippen LogP contribution < -0.4 is 5.32 Å². The van der Waals surface area contributed by atoms with E-state index < -0.39 is 11.8 Å². The summed E-state index contributed by atoms with van der Waals surface area (Å²) < 4.78 is 5.20. The van der Waals surface area contributed by atoms with Gasteiger partial charge < -0.3 is 14.7 Å². The zero-order chi connectivity index (χ0) is 17.1. The fraction of sp³-hybridized carbons (Fsp3) is 0.412. The van der Waals surface area contributed by atoms with Crippen LogP contribution in [-0.2, 0) is 9.59 Å². The topological polar surface area (TPSA) is 88.3 Å². The molecule has 1 aliphatic heterocycles. The molecule has 0 saturated carbocycles. The lowest BCUT2D eigenvalue weighted by Gasteiger charge is -2.30. The Labute approximate surface area is 140 Å². The fourth-order valence-corrected chi connectivity index (χ4v) is 2.81. The van der Waals surface area contributed by atoms with Gasteiger partial charge in [0.05, 0.1) is 5.92 Å². The second kappa shape index (κ2) is 6.82. The molecule has 7 heteroatoms. The van der Waals surface area contributed by atoms with E-state index >= 15 is 0 Å². The summed E-state index contributed by atoms with van der Waals surface area (Å²) >= 11 is 0. The first kappa shape index (κ1) is 16.2. The van der Waals surface area contributed by atoms with E-state index in [2.05, 4.69) is 15.5 Å². The molecule has 0 bridgehead atoms. The van der Waals surface area contributed by atoms with Crippen molar-refractivity contribution >= 4 is 17.5 Å². The van der Waals surface area contributed by atoms with E-state index in [1.807, 2.05) is 19.1 Å². The van der Waals surface area contributed by atoms with Crippen LogP contribution in [0.25, 0.3) is 0 Å². The largest absolute Gasteiger partial charge is 0.339 e. The van der Waals surface area contributed by atoms with Gasteiger partial charge in [0.25, 0.3) is 0 Å². The summed E-state index contributed by atoms with van der Waals surface area (Å²) in [5, 5.41) is 6.43. The minimum Gasteiger partial charge on any atom is -0.339 e. The van der Waals surface area contributed by atoms with Crippen molar-refractivity contribution in [1.82, 2.24) is 15.0 Å². The molecular formula is C17H20N4O3. The molecule has 0 radical (unpaired) electrons. The molecule has 3 rings (SSSR count). The predicted octanol–water partition coefficient (Wildman–Crippen LogP) is 2.03. The molecule has 1 fully saturated rings. The minimum absolute atomic E-state index is 0.0175. The minimum atomic E-state index is -0.624. The third-order valence-corrected chi connectivity index (χ3v) is 4.10. The highest BCUT2D eigenvalue weighted by atomic mass is 16.5. The van der Waals surface area contributed by atoms with Crippen molar-refractivity contribution in [2.24, 2.45) is 0 Å². The molecule has 1 saturated heterocycles. The van der Waals surface area contributed by atoms with Crippen molar-refractivity contribution in [3.05, 3.63) is 41.5 Å². The molecule has 0 aliphatic carbocycles. The number of carbonyl (C=O) groups excluding carboxylic acids is 2. The maximum absolute atomic E-state index is 12.4. The average Bonchev–Trinajstić information content (AvgIpc) is 3.03. The van der Waals surface area contributed by atoms with Crippen LogP contribution in [0.15, 0.2) is 28.8 Å². The smallest absolute Gasteiger partial charge is 0.313 e. The number of carbonyl (C=O) groups is 2. The molecule has 1 atom stereocenters. The Morgan fingerprint density at radius 2 is 2.00 bits per heavy atom. The number of aromatic nitrogens is 2. The third-order valence-electron chi connectivity index (χ3n) is 4.10. The van der Waals surface area contributed by atoms with Gasteiger partial charge in [-0.15, -0.1) is 0 Å². The number of piperidine rings is 1. The molecule has 1 unspecified atom stereocenters. The van der Waals surface area contributed by atoms with Gasteiger partial charge in [-0.2, -0.15) is 4.98 Å². The SMILES string of the molecule is Cc1ccc(NC(=O)C(=O)N2CCCC(c3nc(C)no3)C2)cc1. The molecule has 1 aliphatic rings. The normalized spacial score (nSPS) is 17.6. The zero-order valence-corrected chi connectivity index (χ0v) is 13.8. The van der Waals surface area contributed by atoms with E-state index in [0.717, 1.165) is 18.4 Å². The van der Waals surface area contributed by atoms with Gasteiger partial charge >= 0.3 is 11.8 Å². The molecule has 7 nitrogen and oxygen atoms in total. The average molecular weight is 328 g/mol. The summed E-state index contributed by atoms with van der Waals surface area (Å²) in [5.41, 5.74) is 1.70. The lowest BCUT2D eigenvalue weighted by atomic mass is 9.98. The highest BCUT2D eigenvalue weighted by Crippen LogP contribution is 2.25. The van der Waals surface area contributed by atoms with Crippen LogP contribution in [-0.4, -0.2) is 39.9 Å². The Morgan fingerprint density at radius 1 is 1.25 bits per heavy atom. The standard InChI is InChI=1S/C17H20N4O3/c1-11-5-7-14(8-6-11)19-15(22)17(23)21-9-3-4-13(10-21)16-18-12(2)20-24-16/h5-8,13H,3-4,9-10H2,1-2H3,(H,19,22). The second-order valence-corrected chi connectivity index (χ2v) is 6.09. The van der Waals surface area contributed by atoms with E-state index in [-0.39, 0.29) is 5.92 Å². The number of aryl methyl sites for hydroxylation is 2. The highest BCUT2D eigenvalue weighted by Gasteiger charge is 2.31. The lowest BCUT2D eigenvalue weighted by molar-refractivity contribution is -0.144. The van der Waals surface area contributed by atoms with Crippen LogP contribution in [0.5, 0.6) is 0 Å². The molecule has 1 N–H and O–H groups in total. The molecule has 24 heavy (non-hydrogen) atoms. The van der Waals surface area contributed by atoms with E-state index in [1.54, 1.807) is 24.0 Å². The van der Waals surface area contributed by atoms with Crippen LogP contribution in [0.1, 0.15) is 36.0 Å². The number of likely N-dealkylation sites (tertiary alicyclic amines) is 1. The quantitative estimate of drug-likeness (QED) is 0.852. The monoisotopic (exact) mass is 328 g/mol. The summed E-state index contributed by atoms with van der Waals surface area (Å²) in [4.78, 5) is 30.4. The fourth-order valence-electron chi connectivity index (χ4n) is 2.81. The molecule has 1 aromatic carbocycles. The van der Waals surface area contributed by atoms with E-state index in [1.165, 1.54) is 0 Å². The van der Waals surface area contributed by atoms with Crippen molar-refractivity contribution in [3.8, 4) is 0 Å². The number of rotatable bonds is 2. The third kappa shape index (κ3) is 3.61. The Hall–Kier alpha value is -2.70. The summed E-state index contributed by atoms with van der Waals surface area (Å²) in [7, 11) is 0. The first-order valence-electron chi connectivity index (χ1n) is 8.00. The highest BCUT2D eigenvalue weighted by molar-refractivity contribution is 6.39. The zero-order valence-electron chi connectivity index (χ0n) is 13.8. The number of benzene rings is 1. The van der Waals surface area contributed by atoms with Crippen molar-refractivity contribution in [1.29, 1.82) is 0 Å². The molecule has 1 aromatic heterocycles. The summed E-state index contributed by atoms with van der Waals surface area (Å²) in [6, 6.07) is 7.32. The van der Waals surface area contributed by atoms with Crippen molar-refractivity contribution in [2.75, 3.05) is 18.4 Å². The molecule has 2 amide bonds. The van der Waals surface area contributed by atoms with E-state index in [9.17, 15) is 9.59 Å². The number of nitrogens with one attached hydrogen (secondary N) is 1. The molecular weight excluding hydrogens is 308 g/mol. The van der Waals surface area contributed by atoms with Gasteiger partial charge in [0, 0.05) is 18.8 Å². The number of nitrogens with zero attached hydrogens (tertiary/aromatic N) is 3. The van der Waals surface area contributed by atoms with Gasteiger partial charge in [0.2, 0.25) is 5.89 Å². The number of hydrogen-bond acceptors (Lipinski definition) is 5. The van der Waals surface area contributed by atoms with Gasteiger partial charge in [-0.25, -0.2) is 0 Å². The van der Waals surface area contributed by atoms with Crippen LogP contribution in [0.3, 0.4) is 0 Å². The molecule has 2 aromatic rings. The lowest BCUT2D eigenvalue weighted by Crippen LogP contribution is -2.44. The Balaban J connectivity index is 1.63. The summed E-state index contributed by atoms with van der Waals surface area (Å²) in [6.07, 6.45) is 1.67. The number of amides is 2. The van der Waals surface area contributed by atoms with Gasteiger partial charge in [0.1, 0.15) is 0 Å². The van der Waals surface area contributed by atoms with Gasteiger partial charge in [0.15, 0.2) is 5.82 Å². The molecule has 126 valence electrons. The number of anilines is 1. The summed E-state index contributed by atoms with van der Waals surface area (Å²) in [6.45, 7) is 4.70. The Bertz CT molecular complexity index is 739. The van der Waals surface area contributed by atoms with E-state index in [4.69, 9.17) is 4.52 Å². The van der Waals surface area contributed by atoms with Crippen LogP contribution in [0.4, 0.5) is 5.69 Å². The summed E-state index contributed by atoms with van der Waals surface area (Å²) in [5.74, 6) is -0.0664. The van der Waals surface area contributed by atoms with Gasteiger partial charge in [-0.1, -0.05) is 22.9 Å². The van der Waals surface area contributed by atoms with Crippen LogP contribution in [0.2, 0.25) is 0 Å². The Kier molecular flexibility index (Phi) is 4.59. The second-order valence-electron chi connectivity index (χ2n) is 6.09. The maximum Gasteiger partial charge on any atom is 0.313 e. The Morgan fingerprint density at radius 3 is 2.67 bits per heavy atom.